The lowest BCUT2D eigenvalue weighted by Gasteiger charge is -2.17. The van der Waals surface area contributed by atoms with Gasteiger partial charge in [-0.05, 0) is 38.7 Å². The molecule has 0 saturated heterocycles. The Morgan fingerprint density at radius 1 is 1.00 bits per heavy atom. The molecule has 0 aromatic heterocycles. The van der Waals surface area contributed by atoms with Crippen LogP contribution in [0, 0.1) is 0 Å². The number of benzene rings is 1. The molecule has 0 fully saturated rings. The molecule has 1 atom stereocenters. The van der Waals surface area contributed by atoms with E-state index in [0.717, 1.165) is 6.42 Å². The Hall–Kier alpha value is -2.37. The molecule has 0 spiro atoms. The average molecular weight is 349 g/mol. The third-order valence-corrected chi connectivity index (χ3v) is 3.56. The van der Waals surface area contributed by atoms with E-state index in [0.29, 0.717) is 12.8 Å². The van der Waals surface area contributed by atoms with Gasteiger partial charge in [0.1, 0.15) is 6.04 Å². The molecule has 0 radical (unpaired) electrons. The molecule has 138 valence electrons. The number of carbonyl (C=O) groups excluding carboxylic acids is 3. The maximum absolute atomic E-state index is 12.1. The predicted octanol–water partition coefficient (Wildman–Crippen LogP) is 2.40. The van der Waals surface area contributed by atoms with E-state index in [1.165, 1.54) is 5.56 Å². The van der Waals surface area contributed by atoms with Crippen LogP contribution >= 0.6 is 0 Å². The minimum absolute atomic E-state index is 0.0572. The van der Waals surface area contributed by atoms with Crippen molar-refractivity contribution in [3.63, 3.8) is 0 Å². The third kappa shape index (κ3) is 8.88. The minimum atomic E-state index is -0.825. The highest BCUT2D eigenvalue weighted by Gasteiger charge is 2.23. The number of ether oxygens (including phenoxy) is 2. The molecule has 25 heavy (non-hydrogen) atoms. The van der Waals surface area contributed by atoms with Crippen LogP contribution in [0.2, 0.25) is 0 Å². The van der Waals surface area contributed by atoms with Gasteiger partial charge in [0.2, 0.25) is 5.91 Å². The van der Waals surface area contributed by atoms with Crippen LogP contribution in [0.15, 0.2) is 30.3 Å². The van der Waals surface area contributed by atoms with Gasteiger partial charge >= 0.3 is 11.9 Å². The Bertz CT molecular complexity index is 544. The van der Waals surface area contributed by atoms with Crippen LogP contribution in [-0.2, 0) is 30.3 Å². The Balaban J connectivity index is 2.44. The molecule has 0 aliphatic carbocycles. The van der Waals surface area contributed by atoms with Crippen molar-refractivity contribution in [3.05, 3.63) is 35.9 Å². The number of nitrogens with one attached hydrogen (secondary N) is 1. The first-order valence-corrected chi connectivity index (χ1v) is 8.72. The van der Waals surface area contributed by atoms with Crippen molar-refractivity contribution in [2.75, 3.05) is 13.2 Å². The summed E-state index contributed by atoms with van der Waals surface area (Å²) in [5.74, 6) is -1.14. The summed E-state index contributed by atoms with van der Waals surface area (Å²) in [6, 6.07) is 9.07. The van der Waals surface area contributed by atoms with Crippen molar-refractivity contribution in [2.45, 2.75) is 52.0 Å². The molecular weight excluding hydrogens is 322 g/mol. The minimum Gasteiger partial charge on any atom is -0.466 e. The monoisotopic (exact) mass is 349 g/mol. The van der Waals surface area contributed by atoms with E-state index in [2.05, 4.69) is 5.32 Å². The molecule has 0 saturated carbocycles. The molecule has 1 rings (SSSR count). The lowest BCUT2D eigenvalue weighted by atomic mass is 10.1. The van der Waals surface area contributed by atoms with Gasteiger partial charge in [-0.2, -0.15) is 0 Å². The van der Waals surface area contributed by atoms with E-state index in [9.17, 15) is 14.4 Å². The van der Waals surface area contributed by atoms with Crippen LogP contribution in [0.4, 0.5) is 0 Å². The van der Waals surface area contributed by atoms with Gasteiger partial charge in [0.25, 0.3) is 0 Å². The lowest BCUT2D eigenvalue weighted by molar-refractivity contribution is -0.148. The van der Waals surface area contributed by atoms with Gasteiger partial charge in [0, 0.05) is 12.8 Å². The van der Waals surface area contributed by atoms with Crippen LogP contribution in [0.1, 0.15) is 45.1 Å². The van der Waals surface area contributed by atoms with Gasteiger partial charge in [-0.3, -0.25) is 9.59 Å². The smallest absolute Gasteiger partial charge is 0.328 e. The third-order valence-electron chi connectivity index (χ3n) is 3.56. The summed E-state index contributed by atoms with van der Waals surface area (Å²) in [6.45, 7) is 3.92. The number of amides is 1. The SMILES string of the molecule is CCOC(=O)CC[C@@H](NC(=O)CCCc1ccccc1)C(=O)OCC. The first kappa shape index (κ1) is 20.7. The molecule has 6 heteroatoms. The zero-order chi connectivity index (χ0) is 18.5. The lowest BCUT2D eigenvalue weighted by Crippen LogP contribution is -2.42. The van der Waals surface area contributed by atoms with Crippen LogP contribution < -0.4 is 5.32 Å². The normalized spacial score (nSPS) is 11.4. The molecule has 1 amide bonds. The Labute approximate surface area is 148 Å². The maximum atomic E-state index is 12.1. The summed E-state index contributed by atoms with van der Waals surface area (Å²) in [5.41, 5.74) is 1.17. The van der Waals surface area contributed by atoms with Gasteiger partial charge in [-0.15, -0.1) is 0 Å². The number of hydrogen-bond donors (Lipinski definition) is 1. The first-order chi connectivity index (χ1) is 12.1. The Morgan fingerprint density at radius 2 is 1.68 bits per heavy atom. The number of aryl methyl sites for hydroxylation is 1. The van der Waals surface area contributed by atoms with E-state index in [4.69, 9.17) is 9.47 Å². The van der Waals surface area contributed by atoms with Gasteiger partial charge in [-0.25, -0.2) is 4.79 Å². The second kappa shape index (κ2) is 12.1. The summed E-state index contributed by atoms with van der Waals surface area (Å²) in [5, 5.41) is 2.66. The van der Waals surface area contributed by atoms with Crippen molar-refractivity contribution in [3.8, 4) is 0 Å². The van der Waals surface area contributed by atoms with Gasteiger partial charge in [0.05, 0.1) is 13.2 Å². The predicted molar refractivity (Wildman–Crippen MR) is 93.8 cm³/mol. The largest absolute Gasteiger partial charge is 0.466 e. The molecule has 1 aromatic carbocycles. The highest BCUT2D eigenvalue weighted by atomic mass is 16.5. The molecule has 0 aliphatic heterocycles. The van der Waals surface area contributed by atoms with Crippen LogP contribution in [0.25, 0.3) is 0 Å². The first-order valence-electron chi connectivity index (χ1n) is 8.72. The average Bonchev–Trinajstić information content (AvgIpc) is 2.60. The van der Waals surface area contributed by atoms with E-state index in [1.807, 2.05) is 30.3 Å². The summed E-state index contributed by atoms with van der Waals surface area (Å²) in [4.78, 5) is 35.5. The fourth-order valence-electron chi connectivity index (χ4n) is 2.35. The van der Waals surface area contributed by atoms with Crippen molar-refractivity contribution in [1.82, 2.24) is 5.32 Å². The number of hydrogen-bond acceptors (Lipinski definition) is 5. The van der Waals surface area contributed by atoms with Gasteiger partial charge < -0.3 is 14.8 Å². The number of rotatable bonds is 11. The van der Waals surface area contributed by atoms with Crippen molar-refractivity contribution < 1.29 is 23.9 Å². The van der Waals surface area contributed by atoms with Gasteiger partial charge in [-0.1, -0.05) is 30.3 Å². The Morgan fingerprint density at radius 3 is 2.32 bits per heavy atom. The number of esters is 2. The fraction of sp³-hybridized carbons (Fsp3) is 0.526. The molecule has 0 unspecified atom stereocenters. The van der Waals surface area contributed by atoms with E-state index in [-0.39, 0.29) is 32.0 Å². The zero-order valence-electron chi connectivity index (χ0n) is 15.0. The summed E-state index contributed by atoms with van der Waals surface area (Å²) >= 11 is 0. The maximum Gasteiger partial charge on any atom is 0.328 e. The Kier molecular flexibility index (Phi) is 9.97. The summed E-state index contributed by atoms with van der Waals surface area (Å²) in [7, 11) is 0. The fourth-order valence-corrected chi connectivity index (χ4v) is 2.35. The van der Waals surface area contributed by atoms with Crippen LogP contribution in [-0.4, -0.2) is 37.1 Å². The highest BCUT2D eigenvalue weighted by Crippen LogP contribution is 2.06. The van der Waals surface area contributed by atoms with Gasteiger partial charge in [0.15, 0.2) is 0 Å². The van der Waals surface area contributed by atoms with Crippen molar-refractivity contribution in [2.24, 2.45) is 0 Å². The molecule has 6 nitrogen and oxygen atoms in total. The second-order valence-electron chi connectivity index (χ2n) is 5.55. The second-order valence-corrected chi connectivity index (χ2v) is 5.55. The zero-order valence-corrected chi connectivity index (χ0v) is 15.0. The molecule has 1 aromatic rings. The van der Waals surface area contributed by atoms with Crippen LogP contribution in [0.3, 0.4) is 0 Å². The quantitative estimate of drug-likeness (QED) is 0.620. The number of carbonyl (C=O) groups is 3. The van der Waals surface area contributed by atoms with Crippen LogP contribution in [0.5, 0.6) is 0 Å². The summed E-state index contributed by atoms with van der Waals surface area (Å²) < 4.78 is 9.81. The molecule has 0 aliphatic rings. The van der Waals surface area contributed by atoms with E-state index < -0.39 is 18.0 Å². The topological polar surface area (TPSA) is 81.7 Å². The highest BCUT2D eigenvalue weighted by molar-refractivity contribution is 5.85. The molecule has 0 bridgehead atoms. The van der Waals surface area contributed by atoms with E-state index in [1.54, 1.807) is 13.8 Å². The molecule has 1 N–H and O–H groups in total. The van der Waals surface area contributed by atoms with E-state index >= 15 is 0 Å². The summed E-state index contributed by atoms with van der Waals surface area (Å²) in [6.07, 6.45) is 2.01. The van der Waals surface area contributed by atoms with Crippen molar-refractivity contribution >= 4 is 17.8 Å². The standard InChI is InChI=1S/C19H27NO5/c1-3-24-18(22)14-13-16(19(23)25-4-2)20-17(21)12-8-11-15-9-6-5-7-10-15/h5-7,9-10,16H,3-4,8,11-14H2,1-2H3,(H,20,21)/t16-/m1/s1. The molecule has 0 heterocycles. The molecular formula is C19H27NO5. The van der Waals surface area contributed by atoms with Crippen molar-refractivity contribution in [1.29, 1.82) is 0 Å².